The lowest BCUT2D eigenvalue weighted by atomic mass is 10.00. The van der Waals surface area contributed by atoms with Crippen LogP contribution in [0.5, 0.6) is 0 Å². The largest absolute Gasteiger partial charge is 0.446 e. The number of aromatic nitrogens is 3. The molecule has 6 nitrogen and oxygen atoms in total. The second-order valence-electron chi connectivity index (χ2n) is 5.64. The third kappa shape index (κ3) is 3.26. The number of para-hydroxylation sites is 1. The zero-order chi connectivity index (χ0) is 19.2. The molecule has 0 aliphatic carbocycles. The van der Waals surface area contributed by atoms with Crippen LogP contribution in [0.3, 0.4) is 0 Å². The van der Waals surface area contributed by atoms with Gasteiger partial charge in [-0.1, -0.05) is 17.3 Å². The molecule has 1 N–H and O–H groups in total. The number of hydrogen-bond donors (Lipinski definition) is 1. The molecule has 140 valence electrons. The number of fused-ring (bicyclic) bond motifs is 1. The Morgan fingerprint density at radius 3 is 2.56 bits per heavy atom. The molecule has 0 aliphatic heterocycles. The minimum Gasteiger partial charge on any atom is -0.446 e. The lowest BCUT2D eigenvalue weighted by Crippen LogP contribution is -2.44. The predicted molar refractivity (Wildman–Crippen MR) is 93.0 cm³/mol. The van der Waals surface area contributed by atoms with E-state index in [-0.39, 0.29) is 11.6 Å². The second-order valence-corrected chi connectivity index (χ2v) is 7.45. The van der Waals surface area contributed by atoms with Gasteiger partial charge in [0.1, 0.15) is 5.01 Å². The molecule has 3 heterocycles. The molecule has 0 saturated carbocycles. The van der Waals surface area contributed by atoms with Gasteiger partial charge in [-0.2, -0.15) is 18.2 Å². The minimum absolute atomic E-state index is 0.0236. The fourth-order valence-corrected chi connectivity index (χ4v) is 3.81. The molecule has 1 aromatic carbocycles. The van der Waals surface area contributed by atoms with Crippen molar-refractivity contribution in [3.63, 3.8) is 0 Å². The molecular weight excluding hydrogens is 451 g/mol. The zero-order valence-corrected chi connectivity index (χ0v) is 15.6. The third-order valence-electron chi connectivity index (χ3n) is 3.79. The Morgan fingerprint density at radius 2 is 1.89 bits per heavy atom. The summed E-state index contributed by atoms with van der Waals surface area (Å²) in [6.45, 7) is 0. The molecule has 1 unspecified atom stereocenters. The van der Waals surface area contributed by atoms with E-state index in [2.05, 4.69) is 31.1 Å². The van der Waals surface area contributed by atoms with Gasteiger partial charge in [-0.25, -0.2) is 4.98 Å². The highest BCUT2D eigenvalue weighted by Gasteiger charge is 2.58. The number of halogens is 4. The fourth-order valence-electron chi connectivity index (χ4n) is 2.43. The fraction of sp³-hybridized carbons (Fsp3) is 0.188. The highest BCUT2D eigenvalue weighted by atomic mass is 79.9. The quantitative estimate of drug-likeness (QED) is 0.476. The van der Waals surface area contributed by atoms with Crippen LogP contribution in [0.15, 0.2) is 50.0 Å². The molecular formula is C16H9BrF3N3O3S. The van der Waals surface area contributed by atoms with Gasteiger partial charge >= 0.3 is 6.18 Å². The van der Waals surface area contributed by atoms with Crippen LogP contribution in [0.25, 0.3) is 21.8 Å². The van der Waals surface area contributed by atoms with Crippen molar-refractivity contribution in [2.45, 2.75) is 18.2 Å². The summed E-state index contributed by atoms with van der Waals surface area (Å²) in [7, 11) is 0. The van der Waals surface area contributed by atoms with Crippen LogP contribution in [-0.2, 0) is 12.0 Å². The van der Waals surface area contributed by atoms with Gasteiger partial charge in [-0.15, -0.1) is 11.3 Å². The van der Waals surface area contributed by atoms with Crippen LogP contribution in [0, 0.1) is 0 Å². The number of hydrogen-bond acceptors (Lipinski definition) is 7. The standard InChI is InChI=1S/C16H9BrF3N3O3S/c17-11-6-5-9(25-11)13-22-12(26-23-13)7-15(24,16(18,19)20)14-21-8-3-1-2-4-10(8)27-14/h1-6,24H,7H2. The van der Waals surface area contributed by atoms with Gasteiger partial charge in [0, 0.05) is 0 Å². The maximum absolute atomic E-state index is 13.7. The summed E-state index contributed by atoms with van der Waals surface area (Å²) >= 11 is 3.87. The van der Waals surface area contributed by atoms with Crippen LogP contribution in [0.2, 0.25) is 0 Å². The maximum atomic E-state index is 13.7. The van der Waals surface area contributed by atoms with Gasteiger partial charge in [-0.3, -0.25) is 0 Å². The van der Waals surface area contributed by atoms with Crippen molar-refractivity contribution in [1.29, 1.82) is 0 Å². The van der Waals surface area contributed by atoms with Crippen LogP contribution >= 0.6 is 27.3 Å². The summed E-state index contributed by atoms with van der Waals surface area (Å²) in [6, 6.07) is 9.66. The van der Waals surface area contributed by atoms with Crippen molar-refractivity contribution >= 4 is 37.5 Å². The molecule has 0 amide bonds. The van der Waals surface area contributed by atoms with Gasteiger partial charge in [0.25, 0.3) is 0 Å². The summed E-state index contributed by atoms with van der Waals surface area (Å²) in [5.74, 6) is -0.200. The number of thiazole rings is 1. The van der Waals surface area contributed by atoms with Gasteiger partial charge in [0.05, 0.1) is 16.6 Å². The molecule has 4 rings (SSSR count). The Balaban J connectivity index is 1.72. The second kappa shape index (κ2) is 6.43. The van der Waals surface area contributed by atoms with Gasteiger partial charge in [0.15, 0.2) is 10.4 Å². The lowest BCUT2D eigenvalue weighted by Gasteiger charge is -2.26. The SMILES string of the molecule is OC(Cc1nc(-c2ccc(Br)o2)no1)(c1nc2ccccc2s1)C(F)(F)F. The van der Waals surface area contributed by atoms with Crippen LogP contribution in [0.1, 0.15) is 10.9 Å². The van der Waals surface area contributed by atoms with Crippen molar-refractivity contribution in [2.24, 2.45) is 0 Å². The first-order chi connectivity index (χ1) is 12.8. The van der Waals surface area contributed by atoms with Crippen molar-refractivity contribution in [3.05, 3.63) is 52.0 Å². The Hall–Kier alpha value is -2.24. The molecule has 27 heavy (non-hydrogen) atoms. The molecule has 3 aromatic heterocycles. The number of nitrogens with zero attached hydrogens (tertiary/aromatic N) is 3. The van der Waals surface area contributed by atoms with E-state index in [1.165, 1.54) is 6.07 Å². The van der Waals surface area contributed by atoms with E-state index >= 15 is 0 Å². The van der Waals surface area contributed by atoms with Crippen molar-refractivity contribution < 1.29 is 27.2 Å². The van der Waals surface area contributed by atoms with E-state index in [4.69, 9.17) is 8.94 Å². The molecule has 0 fully saturated rings. The first-order valence-electron chi connectivity index (χ1n) is 7.50. The summed E-state index contributed by atoms with van der Waals surface area (Å²) in [4.78, 5) is 7.85. The molecule has 0 spiro atoms. The smallest absolute Gasteiger partial charge is 0.424 e. The summed E-state index contributed by atoms with van der Waals surface area (Å²) in [6.07, 6.45) is -5.96. The van der Waals surface area contributed by atoms with Crippen molar-refractivity contribution in [2.75, 3.05) is 0 Å². The number of alkyl halides is 3. The molecule has 1 atom stereocenters. The van der Waals surface area contributed by atoms with E-state index in [1.54, 1.807) is 30.3 Å². The van der Waals surface area contributed by atoms with Crippen molar-refractivity contribution in [1.82, 2.24) is 15.1 Å². The van der Waals surface area contributed by atoms with Crippen LogP contribution < -0.4 is 0 Å². The zero-order valence-electron chi connectivity index (χ0n) is 13.2. The van der Waals surface area contributed by atoms with E-state index in [0.717, 1.165) is 11.3 Å². The van der Waals surface area contributed by atoms with Crippen LogP contribution in [-0.4, -0.2) is 26.4 Å². The number of aliphatic hydroxyl groups is 1. The van der Waals surface area contributed by atoms with Gasteiger partial charge in [0.2, 0.25) is 17.3 Å². The average molecular weight is 460 g/mol. The minimum atomic E-state index is -5.00. The molecule has 0 bridgehead atoms. The first kappa shape index (κ1) is 18.1. The van der Waals surface area contributed by atoms with E-state index in [1.807, 2.05) is 0 Å². The van der Waals surface area contributed by atoms with Gasteiger partial charge in [-0.05, 0) is 40.2 Å². The Kier molecular flexibility index (Phi) is 4.32. The predicted octanol–water partition coefficient (Wildman–Crippen LogP) is 4.69. The highest BCUT2D eigenvalue weighted by Crippen LogP contribution is 2.44. The Labute approximate surface area is 161 Å². The lowest BCUT2D eigenvalue weighted by molar-refractivity contribution is -0.267. The molecule has 11 heteroatoms. The Bertz CT molecular complexity index is 1070. The maximum Gasteiger partial charge on any atom is 0.424 e. The van der Waals surface area contributed by atoms with E-state index in [9.17, 15) is 18.3 Å². The Morgan fingerprint density at radius 1 is 1.11 bits per heavy atom. The number of benzene rings is 1. The van der Waals surface area contributed by atoms with Crippen LogP contribution in [0.4, 0.5) is 13.2 Å². The highest BCUT2D eigenvalue weighted by molar-refractivity contribution is 9.10. The third-order valence-corrected chi connectivity index (χ3v) is 5.40. The number of furan rings is 1. The number of rotatable bonds is 4. The van der Waals surface area contributed by atoms with E-state index in [0.29, 0.717) is 14.9 Å². The topological polar surface area (TPSA) is 85.2 Å². The molecule has 0 saturated heterocycles. The van der Waals surface area contributed by atoms with E-state index < -0.39 is 29.1 Å². The normalized spacial score (nSPS) is 14.6. The van der Waals surface area contributed by atoms with Gasteiger partial charge < -0.3 is 14.0 Å². The molecule has 0 aliphatic rings. The average Bonchev–Trinajstić information content (AvgIpc) is 3.32. The molecule has 4 aromatic rings. The summed E-state index contributed by atoms with van der Waals surface area (Å²) < 4.78 is 52.3. The van der Waals surface area contributed by atoms with Crippen molar-refractivity contribution in [3.8, 4) is 11.6 Å². The summed E-state index contributed by atoms with van der Waals surface area (Å²) in [5.41, 5.74) is -2.89. The summed E-state index contributed by atoms with van der Waals surface area (Å²) in [5, 5.41) is 13.6. The molecule has 0 radical (unpaired) electrons. The first-order valence-corrected chi connectivity index (χ1v) is 9.11. The monoisotopic (exact) mass is 459 g/mol.